The average Bonchev–Trinajstić information content (AvgIpc) is 2.24. The molecule has 0 aliphatic carbocycles. The van der Waals surface area contributed by atoms with Crippen molar-refractivity contribution in [3.05, 3.63) is 29.8 Å². The Morgan fingerprint density at radius 1 is 1.41 bits per heavy atom. The molecule has 1 aromatic carbocycles. The van der Waals surface area contributed by atoms with E-state index in [-0.39, 0.29) is 5.69 Å². The second-order valence-corrected chi connectivity index (χ2v) is 3.62. The van der Waals surface area contributed by atoms with E-state index in [1.807, 2.05) is 13.0 Å². The summed E-state index contributed by atoms with van der Waals surface area (Å²) in [6.45, 7) is 1.85. The molecule has 0 saturated carbocycles. The predicted molar refractivity (Wildman–Crippen MR) is 59.0 cm³/mol. The summed E-state index contributed by atoms with van der Waals surface area (Å²) in [7, 11) is 0. The molecule has 0 aromatic heterocycles. The maximum absolute atomic E-state index is 12.9. The summed E-state index contributed by atoms with van der Waals surface area (Å²) in [5.41, 5.74) is 0.0175. The Morgan fingerprint density at radius 3 is 2.47 bits per heavy atom. The Kier molecular flexibility index (Phi) is 4.58. The highest BCUT2D eigenvalue weighted by Crippen LogP contribution is 2.15. The number of benzene rings is 1. The Morgan fingerprint density at radius 2 is 2.00 bits per heavy atom. The summed E-state index contributed by atoms with van der Waals surface area (Å²) in [5, 5.41) is 11.1. The van der Waals surface area contributed by atoms with Gasteiger partial charge in [-0.2, -0.15) is 5.26 Å². The summed E-state index contributed by atoms with van der Waals surface area (Å²) in [5.74, 6) is -2.89. The zero-order valence-corrected chi connectivity index (χ0v) is 9.34. The van der Waals surface area contributed by atoms with Crippen LogP contribution in [0.4, 0.5) is 14.5 Å². The maximum Gasteiger partial charge on any atom is 0.241 e. The number of amides is 1. The number of carbonyl (C=O) groups excluding carboxylic acids is 1. The highest BCUT2D eigenvalue weighted by molar-refractivity contribution is 5.94. The van der Waals surface area contributed by atoms with Gasteiger partial charge in [-0.1, -0.05) is 13.3 Å². The lowest BCUT2D eigenvalue weighted by Gasteiger charge is -2.09. The molecule has 0 fully saturated rings. The van der Waals surface area contributed by atoms with Gasteiger partial charge in [-0.15, -0.1) is 0 Å². The van der Waals surface area contributed by atoms with Crippen LogP contribution in [0.15, 0.2) is 18.2 Å². The molecule has 0 bridgehead atoms. The van der Waals surface area contributed by atoms with E-state index in [0.717, 1.165) is 12.1 Å². The molecular formula is C12H12F2N2O. The van der Waals surface area contributed by atoms with E-state index in [2.05, 4.69) is 5.32 Å². The highest BCUT2D eigenvalue weighted by Gasteiger charge is 2.17. The zero-order chi connectivity index (χ0) is 12.8. The number of nitriles is 1. The van der Waals surface area contributed by atoms with Gasteiger partial charge in [0.2, 0.25) is 5.91 Å². The number of rotatable bonds is 4. The van der Waals surface area contributed by atoms with E-state index in [9.17, 15) is 13.6 Å². The molecule has 0 saturated heterocycles. The van der Waals surface area contributed by atoms with Gasteiger partial charge in [-0.05, 0) is 18.6 Å². The van der Waals surface area contributed by atoms with Crippen molar-refractivity contribution >= 4 is 11.6 Å². The Labute approximate surface area is 98.1 Å². The van der Waals surface area contributed by atoms with Crippen molar-refractivity contribution in [1.82, 2.24) is 0 Å². The van der Waals surface area contributed by atoms with Crippen LogP contribution in [0.3, 0.4) is 0 Å². The molecule has 1 amide bonds. The molecule has 1 rings (SSSR count). The number of halogens is 2. The van der Waals surface area contributed by atoms with E-state index in [0.29, 0.717) is 18.9 Å². The number of hydrogen-bond donors (Lipinski definition) is 1. The Bertz CT molecular complexity index is 434. The smallest absolute Gasteiger partial charge is 0.241 e. The fourth-order valence-electron chi connectivity index (χ4n) is 1.40. The van der Waals surface area contributed by atoms with E-state index < -0.39 is 23.5 Å². The minimum absolute atomic E-state index is 0.0175. The van der Waals surface area contributed by atoms with Gasteiger partial charge in [-0.3, -0.25) is 4.79 Å². The second-order valence-electron chi connectivity index (χ2n) is 3.62. The van der Waals surface area contributed by atoms with Crippen molar-refractivity contribution in [1.29, 1.82) is 5.26 Å². The van der Waals surface area contributed by atoms with Gasteiger partial charge in [0.15, 0.2) is 0 Å². The van der Waals surface area contributed by atoms with E-state index in [1.54, 1.807) is 0 Å². The van der Waals surface area contributed by atoms with Crippen LogP contribution in [0.5, 0.6) is 0 Å². The van der Waals surface area contributed by atoms with Crippen molar-refractivity contribution in [3.8, 4) is 6.07 Å². The Hall–Kier alpha value is -1.96. The van der Waals surface area contributed by atoms with Crippen LogP contribution in [-0.4, -0.2) is 5.91 Å². The summed E-state index contributed by atoms with van der Waals surface area (Å²) in [6, 6.07) is 4.57. The number of nitrogens with one attached hydrogen (secondary N) is 1. The van der Waals surface area contributed by atoms with E-state index >= 15 is 0 Å². The molecule has 0 radical (unpaired) electrons. The fourth-order valence-corrected chi connectivity index (χ4v) is 1.40. The number of carbonyl (C=O) groups is 1. The van der Waals surface area contributed by atoms with Gasteiger partial charge in [0.05, 0.1) is 6.07 Å². The quantitative estimate of drug-likeness (QED) is 0.876. The third-order valence-electron chi connectivity index (χ3n) is 2.18. The number of nitrogens with zero attached hydrogens (tertiary/aromatic N) is 1. The van der Waals surface area contributed by atoms with Gasteiger partial charge in [0, 0.05) is 11.8 Å². The minimum Gasteiger partial charge on any atom is -0.325 e. The van der Waals surface area contributed by atoms with Crippen LogP contribution >= 0.6 is 0 Å². The molecule has 1 atom stereocenters. The molecule has 0 aliphatic heterocycles. The minimum atomic E-state index is -0.800. The molecule has 0 aliphatic rings. The van der Waals surface area contributed by atoms with Crippen LogP contribution in [0.2, 0.25) is 0 Å². The number of hydrogen-bond acceptors (Lipinski definition) is 2. The summed E-state index contributed by atoms with van der Waals surface area (Å²) in [6.07, 6.45) is 1.10. The first-order valence-corrected chi connectivity index (χ1v) is 5.23. The van der Waals surface area contributed by atoms with Crippen LogP contribution < -0.4 is 5.32 Å². The number of anilines is 1. The largest absolute Gasteiger partial charge is 0.325 e. The van der Waals surface area contributed by atoms with E-state index in [4.69, 9.17) is 5.26 Å². The molecule has 3 nitrogen and oxygen atoms in total. The lowest BCUT2D eigenvalue weighted by molar-refractivity contribution is -0.118. The zero-order valence-electron chi connectivity index (χ0n) is 9.34. The summed E-state index contributed by atoms with van der Waals surface area (Å²) in [4.78, 5) is 11.6. The molecule has 90 valence electrons. The monoisotopic (exact) mass is 238 g/mol. The van der Waals surface area contributed by atoms with Crippen LogP contribution in [0.25, 0.3) is 0 Å². The Balaban J connectivity index is 2.77. The lowest BCUT2D eigenvalue weighted by Crippen LogP contribution is -2.21. The molecular weight excluding hydrogens is 226 g/mol. The van der Waals surface area contributed by atoms with E-state index in [1.165, 1.54) is 0 Å². The standard InChI is InChI=1S/C12H12F2N2O/c1-2-3-8(7-15)12(17)16-11-5-9(13)4-10(14)6-11/h4-6,8H,2-3H2,1H3,(H,16,17). The topological polar surface area (TPSA) is 52.9 Å². The maximum atomic E-state index is 12.9. The predicted octanol–water partition coefficient (Wildman–Crippen LogP) is 2.84. The van der Waals surface area contributed by atoms with Gasteiger partial charge in [0.25, 0.3) is 0 Å². The molecule has 0 spiro atoms. The molecule has 1 aromatic rings. The van der Waals surface area contributed by atoms with Crippen LogP contribution in [0, 0.1) is 28.9 Å². The highest BCUT2D eigenvalue weighted by atomic mass is 19.1. The van der Waals surface area contributed by atoms with Crippen LogP contribution in [0.1, 0.15) is 19.8 Å². The summed E-state index contributed by atoms with van der Waals surface area (Å²) < 4.78 is 25.7. The van der Waals surface area contributed by atoms with Crippen molar-refractivity contribution in [3.63, 3.8) is 0 Å². The SMILES string of the molecule is CCCC(C#N)C(=O)Nc1cc(F)cc(F)c1. The van der Waals surface area contributed by atoms with Crippen molar-refractivity contribution in [2.45, 2.75) is 19.8 Å². The third-order valence-corrected chi connectivity index (χ3v) is 2.18. The van der Waals surface area contributed by atoms with Crippen molar-refractivity contribution < 1.29 is 13.6 Å². The lowest BCUT2D eigenvalue weighted by atomic mass is 10.0. The van der Waals surface area contributed by atoms with Crippen molar-refractivity contribution in [2.75, 3.05) is 5.32 Å². The third kappa shape index (κ3) is 3.83. The van der Waals surface area contributed by atoms with Gasteiger partial charge in [-0.25, -0.2) is 8.78 Å². The molecule has 0 heterocycles. The molecule has 5 heteroatoms. The summed E-state index contributed by atoms with van der Waals surface area (Å²) >= 11 is 0. The molecule has 17 heavy (non-hydrogen) atoms. The fraction of sp³-hybridized carbons (Fsp3) is 0.333. The van der Waals surface area contributed by atoms with Crippen LogP contribution in [-0.2, 0) is 4.79 Å². The molecule has 1 N–H and O–H groups in total. The first-order valence-electron chi connectivity index (χ1n) is 5.23. The first-order chi connectivity index (χ1) is 8.06. The second kappa shape index (κ2) is 5.94. The normalized spacial score (nSPS) is 11.6. The average molecular weight is 238 g/mol. The van der Waals surface area contributed by atoms with Gasteiger partial charge >= 0.3 is 0 Å². The van der Waals surface area contributed by atoms with Crippen molar-refractivity contribution in [2.24, 2.45) is 5.92 Å². The molecule has 1 unspecified atom stereocenters. The van der Waals surface area contributed by atoms with Gasteiger partial charge < -0.3 is 5.32 Å². The van der Waals surface area contributed by atoms with Gasteiger partial charge in [0.1, 0.15) is 17.6 Å². The first kappa shape index (κ1) is 13.1.